The smallest absolute Gasteiger partial charge is 0.347 e. The lowest BCUT2D eigenvalue weighted by Gasteiger charge is -2.15. The van der Waals surface area contributed by atoms with E-state index in [4.69, 9.17) is 5.11 Å². The Hall–Kier alpha value is -1.95. The van der Waals surface area contributed by atoms with E-state index in [-0.39, 0.29) is 10.7 Å². The second kappa shape index (κ2) is 4.06. The zero-order valence-corrected chi connectivity index (χ0v) is 10.1. The number of thiazole rings is 1. The molecular formula is C12H9FN2O2S. The standard InChI is InChI=1S/C12H9FN2O2S/c13-8-2-1-7-3-4-15(9(7)5-8)12-14-6-10(18-12)11(16)17/h1-2,5-6H,3-4H2,(H,16,17). The number of nitrogens with zero attached hydrogens (tertiary/aromatic N) is 2. The van der Waals surface area contributed by atoms with Crippen molar-refractivity contribution in [3.63, 3.8) is 0 Å². The maximum absolute atomic E-state index is 13.2. The lowest BCUT2D eigenvalue weighted by atomic mass is 10.2. The van der Waals surface area contributed by atoms with E-state index in [9.17, 15) is 9.18 Å². The van der Waals surface area contributed by atoms with Gasteiger partial charge in [0.25, 0.3) is 0 Å². The van der Waals surface area contributed by atoms with Crippen LogP contribution in [0.3, 0.4) is 0 Å². The van der Waals surface area contributed by atoms with Crippen molar-refractivity contribution >= 4 is 28.1 Å². The topological polar surface area (TPSA) is 53.4 Å². The van der Waals surface area contributed by atoms with Gasteiger partial charge in [0.15, 0.2) is 5.13 Å². The van der Waals surface area contributed by atoms with Gasteiger partial charge in [-0.3, -0.25) is 0 Å². The number of rotatable bonds is 2. The van der Waals surface area contributed by atoms with E-state index in [0.717, 1.165) is 29.0 Å². The number of hydrogen-bond acceptors (Lipinski definition) is 4. The fraction of sp³-hybridized carbons (Fsp3) is 0.167. The van der Waals surface area contributed by atoms with Crippen molar-refractivity contribution in [2.24, 2.45) is 0 Å². The van der Waals surface area contributed by atoms with Crippen LogP contribution in [0.1, 0.15) is 15.2 Å². The molecule has 2 aromatic rings. The first kappa shape index (κ1) is 11.2. The van der Waals surface area contributed by atoms with Gasteiger partial charge in [0, 0.05) is 12.2 Å². The number of fused-ring (bicyclic) bond motifs is 1. The molecular weight excluding hydrogens is 255 g/mol. The number of carboxylic acid groups (broad SMARTS) is 1. The van der Waals surface area contributed by atoms with Gasteiger partial charge in [-0.2, -0.15) is 0 Å². The molecule has 1 N–H and O–H groups in total. The van der Waals surface area contributed by atoms with E-state index in [2.05, 4.69) is 4.98 Å². The first-order valence-corrected chi connectivity index (χ1v) is 6.22. The molecule has 0 fully saturated rings. The molecule has 18 heavy (non-hydrogen) atoms. The summed E-state index contributed by atoms with van der Waals surface area (Å²) in [7, 11) is 0. The van der Waals surface area contributed by atoms with Crippen molar-refractivity contribution < 1.29 is 14.3 Å². The van der Waals surface area contributed by atoms with Crippen LogP contribution in [0, 0.1) is 5.82 Å². The van der Waals surface area contributed by atoms with Crippen LogP contribution in [0.2, 0.25) is 0 Å². The molecule has 1 aliphatic heterocycles. The number of hydrogen-bond donors (Lipinski definition) is 1. The highest BCUT2D eigenvalue weighted by atomic mass is 32.1. The number of carboxylic acids is 1. The molecule has 0 amide bonds. The minimum absolute atomic E-state index is 0.190. The Labute approximate surface area is 106 Å². The van der Waals surface area contributed by atoms with E-state index in [1.807, 2.05) is 4.90 Å². The number of benzene rings is 1. The van der Waals surface area contributed by atoms with Crippen LogP contribution >= 0.6 is 11.3 Å². The normalized spacial score (nSPS) is 13.7. The summed E-state index contributed by atoms with van der Waals surface area (Å²) in [6.07, 6.45) is 2.15. The van der Waals surface area contributed by atoms with Crippen LogP contribution in [-0.4, -0.2) is 22.6 Å². The summed E-state index contributed by atoms with van der Waals surface area (Å²) in [6, 6.07) is 4.66. The Morgan fingerprint density at radius 3 is 3.06 bits per heavy atom. The number of aromatic nitrogens is 1. The van der Waals surface area contributed by atoms with Gasteiger partial charge >= 0.3 is 5.97 Å². The summed E-state index contributed by atoms with van der Waals surface area (Å²) in [5.74, 6) is -1.28. The molecule has 1 aromatic heterocycles. The third-order valence-electron chi connectivity index (χ3n) is 2.88. The Kier molecular flexibility index (Phi) is 2.52. The molecule has 4 nitrogen and oxygen atoms in total. The number of anilines is 2. The Balaban J connectivity index is 2.00. The van der Waals surface area contributed by atoms with Crippen LogP contribution < -0.4 is 4.90 Å². The molecule has 0 unspecified atom stereocenters. The zero-order chi connectivity index (χ0) is 12.7. The predicted molar refractivity (Wildman–Crippen MR) is 66.2 cm³/mol. The summed E-state index contributed by atoms with van der Waals surface area (Å²) in [4.78, 5) is 17.0. The van der Waals surface area contributed by atoms with Crippen molar-refractivity contribution in [1.82, 2.24) is 4.98 Å². The van der Waals surface area contributed by atoms with Gasteiger partial charge in [-0.05, 0) is 24.1 Å². The van der Waals surface area contributed by atoms with Gasteiger partial charge in [-0.25, -0.2) is 14.2 Å². The highest BCUT2D eigenvalue weighted by molar-refractivity contribution is 7.17. The van der Waals surface area contributed by atoms with Gasteiger partial charge in [-0.15, -0.1) is 0 Å². The van der Waals surface area contributed by atoms with Crippen LogP contribution in [-0.2, 0) is 6.42 Å². The van der Waals surface area contributed by atoms with Crippen molar-refractivity contribution in [3.8, 4) is 0 Å². The SMILES string of the molecule is O=C(O)c1cnc(N2CCc3ccc(F)cc32)s1. The Bertz CT molecular complexity index is 626. The number of carbonyl (C=O) groups is 1. The number of aromatic carboxylic acids is 1. The summed E-state index contributed by atoms with van der Waals surface area (Å²) in [6.45, 7) is 0.700. The van der Waals surface area contributed by atoms with E-state index in [1.165, 1.54) is 18.3 Å². The molecule has 1 aromatic carbocycles. The van der Waals surface area contributed by atoms with Gasteiger partial charge in [-0.1, -0.05) is 17.4 Å². The summed E-state index contributed by atoms with van der Waals surface area (Å²) >= 11 is 1.10. The molecule has 0 radical (unpaired) electrons. The van der Waals surface area contributed by atoms with Crippen molar-refractivity contribution in [2.75, 3.05) is 11.4 Å². The molecule has 0 saturated carbocycles. The minimum atomic E-state index is -0.989. The highest BCUT2D eigenvalue weighted by Crippen LogP contribution is 2.36. The summed E-state index contributed by atoms with van der Waals surface area (Å²) in [5, 5.41) is 9.47. The lowest BCUT2D eigenvalue weighted by Crippen LogP contribution is -2.12. The Morgan fingerprint density at radius 2 is 2.33 bits per heavy atom. The second-order valence-electron chi connectivity index (χ2n) is 3.99. The van der Waals surface area contributed by atoms with Crippen LogP contribution in [0.4, 0.5) is 15.2 Å². The summed E-state index contributed by atoms with van der Waals surface area (Å²) < 4.78 is 13.2. The predicted octanol–water partition coefficient (Wildman–Crippen LogP) is 2.67. The second-order valence-corrected chi connectivity index (χ2v) is 5.00. The fourth-order valence-electron chi connectivity index (χ4n) is 2.04. The molecule has 2 heterocycles. The van der Waals surface area contributed by atoms with Gasteiger partial charge in [0.05, 0.1) is 6.20 Å². The maximum atomic E-state index is 13.2. The Morgan fingerprint density at radius 1 is 1.50 bits per heavy atom. The quantitative estimate of drug-likeness (QED) is 0.906. The molecule has 1 aliphatic rings. The molecule has 92 valence electrons. The molecule has 0 saturated heterocycles. The average Bonchev–Trinajstić information content (AvgIpc) is 2.93. The van der Waals surface area contributed by atoms with Crippen molar-refractivity contribution in [1.29, 1.82) is 0 Å². The molecule has 0 aliphatic carbocycles. The van der Waals surface area contributed by atoms with Gasteiger partial charge in [0.2, 0.25) is 0 Å². The number of halogens is 1. The average molecular weight is 264 g/mol. The molecule has 0 atom stereocenters. The van der Waals surface area contributed by atoms with Crippen LogP contribution in [0.15, 0.2) is 24.4 Å². The molecule has 6 heteroatoms. The first-order valence-electron chi connectivity index (χ1n) is 5.40. The van der Waals surface area contributed by atoms with Crippen LogP contribution in [0.25, 0.3) is 0 Å². The van der Waals surface area contributed by atoms with Crippen molar-refractivity contribution in [2.45, 2.75) is 6.42 Å². The van der Waals surface area contributed by atoms with Gasteiger partial charge in [0.1, 0.15) is 10.7 Å². The van der Waals surface area contributed by atoms with Crippen molar-refractivity contribution in [3.05, 3.63) is 40.7 Å². The minimum Gasteiger partial charge on any atom is -0.477 e. The lowest BCUT2D eigenvalue weighted by molar-refractivity contribution is 0.0702. The molecule has 0 bridgehead atoms. The fourth-order valence-corrected chi connectivity index (χ4v) is 2.83. The van der Waals surface area contributed by atoms with Crippen LogP contribution in [0.5, 0.6) is 0 Å². The third-order valence-corrected chi connectivity index (χ3v) is 3.89. The van der Waals surface area contributed by atoms with Gasteiger partial charge < -0.3 is 10.0 Å². The maximum Gasteiger partial charge on any atom is 0.347 e. The van der Waals surface area contributed by atoms with E-state index in [1.54, 1.807) is 6.07 Å². The zero-order valence-electron chi connectivity index (χ0n) is 9.26. The third kappa shape index (κ3) is 1.74. The summed E-state index contributed by atoms with van der Waals surface area (Å²) in [5.41, 5.74) is 1.84. The monoisotopic (exact) mass is 264 g/mol. The van der Waals surface area contributed by atoms with E-state index >= 15 is 0 Å². The molecule has 0 spiro atoms. The highest BCUT2D eigenvalue weighted by Gasteiger charge is 2.24. The molecule has 3 rings (SSSR count). The van der Waals surface area contributed by atoms with E-state index in [0.29, 0.717) is 11.7 Å². The van der Waals surface area contributed by atoms with E-state index < -0.39 is 5.97 Å². The largest absolute Gasteiger partial charge is 0.477 e. The first-order chi connectivity index (χ1) is 8.65.